The highest BCUT2D eigenvalue weighted by Crippen LogP contribution is 2.36. The number of benzene rings is 1. The molecule has 0 radical (unpaired) electrons. The van der Waals surface area contributed by atoms with Gasteiger partial charge in [0.05, 0.1) is 0 Å². The van der Waals surface area contributed by atoms with Gasteiger partial charge < -0.3 is 0 Å². The van der Waals surface area contributed by atoms with Crippen molar-refractivity contribution in [1.82, 2.24) is 0 Å². The molecule has 0 spiro atoms. The summed E-state index contributed by atoms with van der Waals surface area (Å²) in [7, 11) is 0. The molecule has 1 heteroatoms. The van der Waals surface area contributed by atoms with Gasteiger partial charge in [-0.15, -0.1) is 0 Å². The molecule has 1 fully saturated rings. The standard InChI is InChI=1S/C14H19Br/c1-11-2-6-13(7-3-11)14-8-4-12(10-15)5-9-14/h2-3,6-7,12,14H,4-5,8-10H2,1H3. The highest BCUT2D eigenvalue weighted by Gasteiger charge is 2.21. The second-order valence-corrected chi connectivity index (χ2v) is 5.43. The van der Waals surface area contributed by atoms with E-state index < -0.39 is 0 Å². The summed E-state index contributed by atoms with van der Waals surface area (Å²) in [4.78, 5) is 0. The van der Waals surface area contributed by atoms with Crippen LogP contribution in [0.5, 0.6) is 0 Å². The van der Waals surface area contributed by atoms with Gasteiger partial charge in [-0.05, 0) is 50.0 Å². The van der Waals surface area contributed by atoms with E-state index in [0.717, 1.165) is 11.8 Å². The Hall–Kier alpha value is -0.300. The van der Waals surface area contributed by atoms with Gasteiger partial charge in [-0.1, -0.05) is 45.8 Å². The van der Waals surface area contributed by atoms with Crippen molar-refractivity contribution in [3.63, 3.8) is 0 Å². The van der Waals surface area contributed by atoms with E-state index in [-0.39, 0.29) is 0 Å². The van der Waals surface area contributed by atoms with Crippen LogP contribution in [0.15, 0.2) is 24.3 Å². The van der Waals surface area contributed by atoms with Gasteiger partial charge in [0.1, 0.15) is 0 Å². The molecular weight excluding hydrogens is 248 g/mol. The molecule has 0 aliphatic heterocycles. The molecule has 1 saturated carbocycles. The number of halogens is 1. The van der Waals surface area contributed by atoms with Crippen LogP contribution in [0.1, 0.15) is 42.7 Å². The van der Waals surface area contributed by atoms with E-state index in [4.69, 9.17) is 0 Å². The van der Waals surface area contributed by atoms with Crippen LogP contribution in [0.2, 0.25) is 0 Å². The maximum atomic E-state index is 3.60. The summed E-state index contributed by atoms with van der Waals surface area (Å²) in [5.41, 5.74) is 2.92. The van der Waals surface area contributed by atoms with Gasteiger partial charge in [0, 0.05) is 5.33 Å². The molecule has 0 unspecified atom stereocenters. The molecule has 0 amide bonds. The summed E-state index contributed by atoms with van der Waals surface area (Å²) in [5, 5.41) is 1.19. The van der Waals surface area contributed by atoms with Crippen molar-refractivity contribution in [2.45, 2.75) is 38.5 Å². The van der Waals surface area contributed by atoms with Crippen molar-refractivity contribution < 1.29 is 0 Å². The second-order valence-electron chi connectivity index (χ2n) is 4.78. The van der Waals surface area contributed by atoms with E-state index in [1.165, 1.54) is 36.6 Å². The van der Waals surface area contributed by atoms with Gasteiger partial charge in [0.25, 0.3) is 0 Å². The van der Waals surface area contributed by atoms with E-state index in [1.54, 1.807) is 5.56 Å². The minimum atomic E-state index is 0.820. The number of hydrogen-bond donors (Lipinski definition) is 0. The van der Waals surface area contributed by atoms with Crippen molar-refractivity contribution in [3.05, 3.63) is 35.4 Å². The van der Waals surface area contributed by atoms with Crippen molar-refractivity contribution in [3.8, 4) is 0 Å². The lowest BCUT2D eigenvalue weighted by Crippen LogP contribution is -2.14. The Kier molecular flexibility index (Phi) is 3.85. The number of aryl methyl sites for hydroxylation is 1. The average molecular weight is 267 g/mol. The minimum Gasteiger partial charge on any atom is -0.0925 e. The van der Waals surface area contributed by atoms with E-state index in [9.17, 15) is 0 Å². The maximum absolute atomic E-state index is 3.60. The predicted molar refractivity (Wildman–Crippen MR) is 69.7 cm³/mol. The largest absolute Gasteiger partial charge is 0.0925 e. The quantitative estimate of drug-likeness (QED) is 0.683. The zero-order valence-electron chi connectivity index (χ0n) is 9.38. The normalized spacial score (nSPS) is 26.5. The summed E-state index contributed by atoms with van der Waals surface area (Å²) in [6.45, 7) is 2.16. The number of rotatable bonds is 2. The van der Waals surface area contributed by atoms with E-state index in [1.807, 2.05) is 0 Å². The Labute approximate surface area is 101 Å². The second kappa shape index (κ2) is 5.16. The zero-order valence-corrected chi connectivity index (χ0v) is 11.0. The molecule has 0 nitrogen and oxygen atoms in total. The molecule has 82 valence electrons. The van der Waals surface area contributed by atoms with Crippen LogP contribution in [0, 0.1) is 12.8 Å². The van der Waals surface area contributed by atoms with Crippen LogP contribution < -0.4 is 0 Å². The number of alkyl halides is 1. The predicted octanol–water partition coefficient (Wildman–Crippen LogP) is 4.66. The summed E-state index contributed by atoms with van der Waals surface area (Å²) in [6, 6.07) is 9.11. The van der Waals surface area contributed by atoms with Gasteiger partial charge in [-0.2, -0.15) is 0 Å². The molecule has 15 heavy (non-hydrogen) atoms. The fourth-order valence-electron chi connectivity index (χ4n) is 2.49. The van der Waals surface area contributed by atoms with Crippen LogP contribution >= 0.6 is 15.9 Å². The lowest BCUT2D eigenvalue weighted by Gasteiger charge is -2.27. The van der Waals surface area contributed by atoms with Gasteiger partial charge >= 0.3 is 0 Å². The number of hydrogen-bond acceptors (Lipinski definition) is 0. The molecule has 0 heterocycles. The Bertz CT molecular complexity index is 294. The lowest BCUT2D eigenvalue weighted by molar-refractivity contribution is 0.354. The first kappa shape index (κ1) is 11.2. The summed E-state index contributed by atoms with van der Waals surface area (Å²) in [5.74, 6) is 1.74. The van der Waals surface area contributed by atoms with Crippen LogP contribution in [0.4, 0.5) is 0 Å². The molecule has 1 aromatic carbocycles. The van der Waals surface area contributed by atoms with E-state index in [0.29, 0.717) is 0 Å². The van der Waals surface area contributed by atoms with Crippen LogP contribution in [0.3, 0.4) is 0 Å². The summed E-state index contributed by atoms with van der Waals surface area (Å²) >= 11 is 3.60. The van der Waals surface area contributed by atoms with Crippen molar-refractivity contribution >= 4 is 15.9 Å². The van der Waals surface area contributed by atoms with Gasteiger partial charge in [0.15, 0.2) is 0 Å². The zero-order chi connectivity index (χ0) is 10.7. The summed E-state index contributed by atoms with van der Waals surface area (Å²) < 4.78 is 0. The van der Waals surface area contributed by atoms with Crippen molar-refractivity contribution in [2.75, 3.05) is 5.33 Å². The highest BCUT2D eigenvalue weighted by molar-refractivity contribution is 9.09. The van der Waals surface area contributed by atoms with Crippen LogP contribution in [0.25, 0.3) is 0 Å². The molecule has 1 aliphatic rings. The monoisotopic (exact) mass is 266 g/mol. The van der Waals surface area contributed by atoms with Gasteiger partial charge in [0.2, 0.25) is 0 Å². The first-order valence-electron chi connectivity index (χ1n) is 5.92. The third-order valence-corrected chi connectivity index (χ3v) is 4.53. The topological polar surface area (TPSA) is 0 Å². The molecule has 0 saturated heterocycles. The Morgan fingerprint density at radius 3 is 2.20 bits per heavy atom. The Morgan fingerprint density at radius 2 is 1.67 bits per heavy atom. The van der Waals surface area contributed by atoms with Crippen LogP contribution in [-0.4, -0.2) is 5.33 Å². The van der Waals surface area contributed by atoms with E-state index in [2.05, 4.69) is 47.1 Å². The first-order chi connectivity index (χ1) is 7.29. The van der Waals surface area contributed by atoms with Gasteiger partial charge in [-0.3, -0.25) is 0 Å². The average Bonchev–Trinajstić information content (AvgIpc) is 2.30. The molecular formula is C14H19Br. The summed E-state index contributed by atoms with van der Waals surface area (Å²) in [6.07, 6.45) is 5.53. The molecule has 2 rings (SSSR count). The van der Waals surface area contributed by atoms with Crippen molar-refractivity contribution in [2.24, 2.45) is 5.92 Å². The lowest BCUT2D eigenvalue weighted by atomic mass is 9.79. The molecule has 0 bridgehead atoms. The Balaban J connectivity index is 1.98. The first-order valence-corrected chi connectivity index (χ1v) is 7.04. The molecule has 0 atom stereocenters. The molecule has 1 aromatic rings. The SMILES string of the molecule is Cc1ccc(C2CCC(CBr)CC2)cc1. The fourth-order valence-corrected chi connectivity index (χ4v) is 3.14. The molecule has 0 N–H and O–H groups in total. The van der Waals surface area contributed by atoms with Gasteiger partial charge in [-0.25, -0.2) is 0 Å². The highest BCUT2D eigenvalue weighted by atomic mass is 79.9. The third-order valence-electron chi connectivity index (χ3n) is 3.61. The maximum Gasteiger partial charge on any atom is 0.00596 e. The molecule has 1 aliphatic carbocycles. The van der Waals surface area contributed by atoms with Crippen LogP contribution in [-0.2, 0) is 0 Å². The van der Waals surface area contributed by atoms with Crippen molar-refractivity contribution in [1.29, 1.82) is 0 Å². The van der Waals surface area contributed by atoms with E-state index >= 15 is 0 Å². The fraction of sp³-hybridized carbons (Fsp3) is 0.571. The minimum absolute atomic E-state index is 0.820. The molecule has 0 aromatic heterocycles. The third kappa shape index (κ3) is 2.84. The smallest absolute Gasteiger partial charge is 0.00596 e. The Morgan fingerprint density at radius 1 is 1.07 bits per heavy atom.